The zero-order valence-electron chi connectivity index (χ0n) is 13.7. The Morgan fingerprint density at radius 3 is 2.39 bits per heavy atom. The molecule has 0 bridgehead atoms. The molecule has 1 aliphatic carbocycles. The van der Waals surface area contributed by atoms with Gasteiger partial charge in [0.1, 0.15) is 0 Å². The van der Waals surface area contributed by atoms with E-state index in [9.17, 15) is 13.2 Å². The van der Waals surface area contributed by atoms with Crippen molar-refractivity contribution in [2.75, 3.05) is 6.54 Å². The van der Waals surface area contributed by atoms with E-state index in [1.165, 1.54) is 12.1 Å². The molecule has 2 rings (SSSR count). The molecular weight excluding hydrogens is 312 g/mol. The second-order valence-electron chi connectivity index (χ2n) is 6.09. The number of benzene rings is 1. The van der Waals surface area contributed by atoms with E-state index in [-0.39, 0.29) is 16.8 Å². The van der Waals surface area contributed by atoms with Gasteiger partial charge >= 0.3 is 0 Å². The van der Waals surface area contributed by atoms with Crippen molar-refractivity contribution in [3.63, 3.8) is 0 Å². The quantitative estimate of drug-likeness (QED) is 0.716. The summed E-state index contributed by atoms with van der Waals surface area (Å²) in [5, 5.41) is 2.85. The summed E-state index contributed by atoms with van der Waals surface area (Å²) in [6.07, 6.45) is 7.10. The Labute approximate surface area is 138 Å². The third-order valence-electron chi connectivity index (χ3n) is 4.17. The number of sulfonamides is 1. The van der Waals surface area contributed by atoms with Gasteiger partial charge in [-0.05, 0) is 43.5 Å². The molecule has 0 saturated heterocycles. The molecule has 128 valence electrons. The van der Waals surface area contributed by atoms with E-state index in [1.807, 2.05) is 0 Å². The molecule has 1 saturated carbocycles. The Kier molecular flexibility index (Phi) is 6.59. The summed E-state index contributed by atoms with van der Waals surface area (Å²) >= 11 is 0. The summed E-state index contributed by atoms with van der Waals surface area (Å²) in [6.45, 7) is 2.76. The van der Waals surface area contributed by atoms with Crippen molar-refractivity contribution in [3.8, 4) is 0 Å². The Morgan fingerprint density at radius 2 is 1.78 bits per heavy atom. The summed E-state index contributed by atoms with van der Waals surface area (Å²) in [5.74, 6) is -0.159. The first-order chi connectivity index (χ1) is 11.0. The largest absolute Gasteiger partial charge is 0.352 e. The lowest BCUT2D eigenvalue weighted by molar-refractivity contribution is 0.0953. The molecule has 6 heteroatoms. The highest BCUT2D eigenvalue weighted by molar-refractivity contribution is 7.89. The van der Waals surface area contributed by atoms with Gasteiger partial charge < -0.3 is 5.32 Å². The third kappa shape index (κ3) is 5.32. The minimum Gasteiger partial charge on any atom is -0.352 e. The Bertz CT molecular complexity index is 605. The molecule has 0 aromatic heterocycles. The second kappa shape index (κ2) is 8.45. The summed E-state index contributed by atoms with van der Waals surface area (Å²) in [6, 6.07) is 6.18. The van der Waals surface area contributed by atoms with E-state index >= 15 is 0 Å². The van der Waals surface area contributed by atoms with Crippen LogP contribution in [0.15, 0.2) is 29.2 Å². The van der Waals surface area contributed by atoms with Gasteiger partial charge in [-0.1, -0.05) is 32.6 Å². The number of amides is 1. The zero-order chi connectivity index (χ0) is 16.7. The first kappa shape index (κ1) is 17.9. The minimum atomic E-state index is -3.49. The van der Waals surface area contributed by atoms with Crippen LogP contribution in [0.2, 0.25) is 0 Å². The van der Waals surface area contributed by atoms with E-state index in [0.29, 0.717) is 12.1 Å². The molecule has 0 heterocycles. The predicted molar refractivity (Wildman–Crippen MR) is 90.9 cm³/mol. The molecule has 1 amide bonds. The molecule has 1 aliphatic rings. The molecule has 1 fully saturated rings. The molecule has 5 nitrogen and oxygen atoms in total. The van der Waals surface area contributed by atoms with Gasteiger partial charge in [0.15, 0.2) is 0 Å². The number of carbonyl (C=O) groups is 1. The number of nitrogens with one attached hydrogen (secondary N) is 2. The topological polar surface area (TPSA) is 75.3 Å². The van der Waals surface area contributed by atoms with Crippen LogP contribution in [0.5, 0.6) is 0 Å². The summed E-state index contributed by atoms with van der Waals surface area (Å²) < 4.78 is 27.3. The van der Waals surface area contributed by atoms with E-state index in [2.05, 4.69) is 17.0 Å². The highest BCUT2D eigenvalue weighted by Crippen LogP contribution is 2.20. The van der Waals surface area contributed by atoms with Gasteiger partial charge in [-0.25, -0.2) is 13.1 Å². The van der Waals surface area contributed by atoms with Crippen LogP contribution in [0, 0.1) is 0 Å². The minimum absolute atomic E-state index is 0.0431. The lowest BCUT2D eigenvalue weighted by Gasteiger charge is -2.12. The molecule has 0 radical (unpaired) electrons. The van der Waals surface area contributed by atoms with E-state index < -0.39 is 10.0 Å². The predicted octanol–water partition coefficient (Wildman–Crippen LogP) is 2.83. The summed E-state index contributed by atoms with van der Waals surface area (Å²) in [4.78, 5) is 12.2. The summed E-state index contributed by atoms with van der Waals surface area (Å²) in [5.41, 5.74) is 0.487. The van der Waals surface area contributed by atoms with Gasteiger partial charge in [0.2, 0.25) is 10.0 Å². The highest BCUT2D eigenvalue weighted by Gasteiger charge is 2.22. The number of rotatable bonds is 8. The fraction of sp³-hybridized carbons (Fsp3) is 0.588. The van der Waals surface area contributed by atoms with Gasteiger partial charge in [-0.2, -0.15) is 0 Å². The fourth-order valence-electron chi connectivity index (χ4n) is 2.80. The maximum Gasteiger partial charge on any atom is 0.251 e. The van der Waals surface area contributed by atoms with E-state index in [4.69, 9.17) is 0 Å². The number of hydrogen-bond acceptors (Lipinski definition) is 3. The van der Waals surface area contributed by atoms with Crippen molar-refractivity contribution in [2.24, 2.45) is 0 Å². The van der Waals surface area contributed by atoms with Crippen molar-refractivity contribution in [2.45, 2.75) is 62.8 Å². The third-order valence-corrected chi connectivity index (χ3v) is 5.71. The monoisotopic (exact) mass is 338 g/mol. The van der Waals surface area contributed by atoms with Crippen molar-refractivity contribution in [3.05, 3.63) is 29.8 Å². The van der Waals surface area contributed by atoms with Crippen LogP contribution in [-0.4, -0.2) is 26.9 Å². The molecule has 1 aromatic carbocycles. The standard InChI is InChI=1S/C17H26N2O3S/c1-2-3-6-13-18-17(20)14-9-11-16(12-10-14)23(21,22)19-15-7-4-5-8-15/h9-12,15,19H,2-8,13H2,1H3,(H,18,20). The average Bonchev–Trinajstić information content (AvgIpc) is 3.04. The maximum absolute atomic E-state index is 12.3. The number of unbranched alkanes of at least 4 members (excludes halogenated alkanes) is 2. The number of carbonyl (C=O) groups excluding carboxylic acids is 1. The SMILES string of the molecule is CCCCCNC(=O)c1ccc(S(=O)(=O)NC2CCCC2)cc1. The smallest absolute Gasteiger partial charge is 0.251 e. The molecule has 1 aromatic rings. The second-order valence-corrected chi connectivity index (χ2v) is 7.80. The van der Waals surface area contributed by atoms with Crippen LogP contribution in [0.1, 0.15) is 62.2 Å². The van der Waals surface area contributed by atoms with Gasteiger partial charge in [-0.3, -0.25) is 4.79 Å². The van der Waals surface area contributed by atoms with Crippen LogP contribution in [0.25, 0.3) is 0 Å². The maximum atomic E-state index is 12.3. The van der Waals surface area contributed by atoms with E-state index in [0.717, 1.165) is 44.9 Å². The lowest BCUT2D eigenvalue weighted by atomic mass is 10.2. The zero-order valence-corrected chi connectivity index (χ0v) is 14.5. The van der Waals surface area contributed by atoms with Gasteiger partial charge in [0.25, 0.3) is 5.91 Å². The molecular formula is C17H26N2O3S. The van der Waals surface area contributed by atoms with E-state index in [1.54, 1.807) is 12.1 Å². The molecule has 23 heavy (non-hydrogen) atoms. The van der Waals surface area contributed by atoms with Crippen molar-refractivity contribution in [1.82, 2.24) is 10.0 Å². The van der Waals surface area contributed by atoms with Crippen molar-refractivity contribution in [1.29, 1.82) is 0 Å². The molecule has 0 atom stereocenters. The molecule has 0 aliphatic heterocycles. The molecule has 0 unspecified atom stereocenters. The van der Waals surface area contributed by atoms with Crippen LogP contribution in [0.3, 0.4) is 0 Å². The Balaban J connectivity index is 1.94. The van der Waals surface area contributed by atoms with Crippen LogP contribution >= 0.6 is 0 Å². The van der Waals surface area contributed by atoms with Crippen molar-refractivity contribution >= 4 is 15.9 Å². The van der Waals surface area contributed by atoms with Gasteiger partial charge in [0.05, 0.1) is 4.90 Å². The first-order valence-corrected chi connectivity index (χ1v) is 9.92. The lowest BCUT2D eigenvalue weighted by Crippen LogP contribution is -2.32. The fourth-order valence-corrected chi connectivity index (χ4v) is 4.10. The van der Waals surface area contributed by atoms with Crippen molar-refractivity contribution < 1.29 is 13.2 Å². The first-order valence-electron chi connectivity index (χ1n) is 8.43. The summed E-state index contributed by atoms with van der Waals surface area (Å²) in [7, 11) is -3.49. The van der Waals surface area contributed by atoms with Crippen LogP contribution in [0.4, 0.5) is 0 Å². The Hall–Kier alpha value is -1.40. The van der Waals surface area contributed by atoms with Crippen LogP contribution in [-0.2, 0) is 10.0 Å². The van der Waals surface area contributed by atoms with Gasteiger partial charge in [-0.15, -0.1) is 0 Å². The van der Waals surface area contributed by atoms with Crippen LogP contribution < -0.4 is 10.0 Å². The van der Waals surface area contributed by atoms with Gasteiger partial charge in [0, 0.05) is 18.2 Å². The number of hydrogen-bond donors (Lipinski definition) is 2. The normalized spacial score (nSPS) is 15.7. The average molecular weight is 338 g/mol. The highest BCUT2D eigenvalue weighted by atomic mass is 32.2. The molecule has 2 N–H and O–H groups in total. The Morgan fingerprint density at radius 1 is 1.13 bits per heavy atom. The molecule has 0 spiro atoms.